The molecule has 6 heteroatoms. The van der Waals surface area contributed by atoms with Crippen molar-refractivity contribution in [2.45, 2.75) is 6.92 Å². The summed E-state index contributed by atoms with van der Waals surface area (Å²) >= 11 is 0. The minimum Gasteiger partial charge on any atom is -0.506 e. The molecular weight excluding hydrogens is 250 g/mol. The fourth-order valence-corrected chi connectivity index (χ4v) is 2.00. The van der Waals surface area contributed by atoms with Crippen LogP contribution in [0.25, 0.3) is 5.76 Å². The second kappa shape index (κ2) is 4.24. The molecule has 0 unspecified atom stereocenters. The number of aliphatic hydroxyl groups excluding tert-OH is 1. The molecule has 6 nitrogen and oxygen atoms in total. The summed E-state index contributed by atoms with van der Waals surface area (Å²) in [6.07, 6.45) is 0. The molecule has 0 aromatic heterocycles. The van der Waals surface area contributed by atoms with E-state index in [4.69, 9.17) is 10.1 Å². The van der Waals surface area contributed by atoms with Gasteiger partial charge in [-0.2, -0.15) is 0 Å². The molecule has 98 valence electrons. The van der Waals surface area contributed by atoms with E-state index < -0.39 is 28.8 Å². The number of aromatic hydroxyl groups is 1. The number of aliphatic hydroxyl groups is 1. The average Bonchev–Trinajstić information content (AvgIpc) is 2.35. The third-order valence-electron chi connectivity index (χ3n) is 2.91. The SMILES string of the molecule is COc1ccc2c(c1O)C(=O)C(=N)C(C(C)=O)=C2O. The summed E-state index contributed by atoms with van der Waals surface area (Å²) < 4.78 is 4.87. The molecule has 0 heterocycles. The monoisotopic (exact) mass is 261 g/mol. The number of fused-ring (bicyclic) bond motifs is 1. The molecule has 0 spiro atoms. The van der Waals surface area contributed by atoms with Crippen LogP contribution in [0.3, 0.4) is 0 Å². The molecule has 3 N–H and O–H groups in total. The number of rotatable bonds is 2. The molecule has 1 aliphatic carbocycles. The molecule has 0 saturated heterocycles. The molecule has 1 aromatic rings. The number of benzene rings is 1. The Morgan fingerprint density at radius 1 is 1.32 bits per heavy atom. The Bertz CT molecular complexity index is 657. The minimum absolute atomic E-state index is 0.0181. The highest BCUT2D eigenvalue weighted by Gasteiger charge is 2.35. The van der Waals surface area contributed by atoms with Crippen LogP contribution in [0.2, 0.25) is 0 Å². The van der Waals surface area contributed by atoms with E-state index in [1.807, 2.05) is 0 Å². The maximum atomic E-state index is 12.0. The molecule has 0 bridgehead atoms. The van der Waals surface area contributed by atoms with E-state index in [0.29, 0.717) is 0 Å². The Hall–Kier alpha value is -2.63. The first-order valence-electron chi connectivity index (χ1n) is 5.38. The Balaban J connectivity index is 2.83. The quantitative estimate of drug-likeness (QED) is 0.747. The van der Waals surface area contributed by atoms with Crippen molar-refractivity contribution < 1.29 is 24.5 Å². The average molecular weight is 261 g/mol. The summed E-state index contributed by atoms with van der Waals surface area (Å²) in [6.45, 7) is 1.15. The summed E-state index contributed by atoms with van der Waals surface area (Å²) in [4.78, 5) is 23.4. The Labute approximate surface area is 108 Å². The zero-order valence-corrected chi connectivity index (χ0v) is 10.3. The van der Waals surface area contributed by atoms with Gasteiger partial charge in [-0.1, -0.05) is 0 Å². The molecule has 0 amide bonds. The van der Waals surface area contributed by atoms with Crippen LogP contribution in [0.5, 0.6) is 11.5 Å². The molecule has 0 saturated carbocycles. The molecule has 1 aliphatic rings. The molecule has 0 radical (unpaired) electrons. The largest absolute Gasteiger partial charge is 0.506 e. The van der Waals surface area contributed by atoms with E-state index in [9.17, 15) is 19.8 Å². The van der Waals surface area contributed by atoms with E-state index in [2.05, 4.69) is 0 Å². The number of hydrogen-bond acceptors (Lipinski definition) is 6. The molecule has 2 rings (SSSR count). The normalized spacial score (nSPS) is 14.4. The maximum Gasteiger partial charge on any atom is 0.216 e. The highest BCUT2D eigenvalue weighted by Crippen LogP contribution is 2.39. The summed E-state index contributed by atoms with van der Waals surface area (Å²) in [5, 5.41) is 27.5. The number of methoxy groups -OCH3 is 1. The number of nitrogens with one attached hydrogen (secondary N) is 1. The second-order valence-electron chi connectivity index (χ2n) is 4.02. The number of Topliss-reactive ketones (excluding diaryl/α,β-unsaturated/α-hetero) is 2. The van der Waals surface area contributed by atoms with Gasteiger partial charge in [-0.05, 0) is 19.1 Å². The highest BCUT2D eigenvalue weighted by atomic mass is 16.5. The Morgan fingerprint density at radius 3 is 2.47 bits per heavy atom. The molecule has 0 atom stereocenters. The van der Waals surface area contributed by atoms with Gasteiger partial charge in [-0.3, -0.25) is 15.0 Å². The zero-order valence-electron chi connectivity index (χ0n) is 10.3. The lowest BCUT2D eigenvalue weighted by Crippen LogP contribution is -2.27. The van der Waals surface area contributed by atoms with Gasteiger partial charge in [0.05, 0.1) is 18.2 Å². The van der Waals surface area contributed by atoms with Crippen molar-refractivity contribution in [1.82, 2.24) is 0 Å². The van der Waals surface area contributed by atoms with Crippen LogP contribution in [-0.4, -0.2) is 34.6 Å². The van der Waals surface area contributed by atoms with Gasteiger partial charge in [-0.15, -0.1) is 0 Å². The summed E-state index contributed by atoms with van der Waals surface area (Å²) in [5.74, 6) is -2.29. The summed E-state index contributed by atoms with van der Waals surface area (Å²) in [7, 11) is 1.32. The van der Waals surface area contributed by atoms with Crippen LogP contribution in [0.15, 0.2) is 17.7 Å². The first-order chi connectivity index (χ1) is 8.90. The lowest BCUT2D eigenvalue weighted by atomic mass is 9.85. The van der Waals surface area contributed by atoms with Crippen molar-refractivity contribution >= 4 is 23.0 Å². The first kappa shape index (κ1) is 12.8. The Morgan fingerprint density at radius 2 is 1.95 bits per heavy atom. The van der Waals surface area contributed by atoms with Gasteiger partial charge < -0.3 is 14.9 Å². The van der Waals surface area contributed by atoms with Crippen molar-refractivity contribution in [1.29, 1.82) is 5.41 Å². The van der Waals surface area contributed by atoms with Gasteiger partial charge in [0.1, 0.15) is 11.5 Å². The topological polar surface area (TPSA) is 108 Å². The van der Waals surface area contributed by atoms with Gasteiger partial charge in [0.15, 0.2) is 17.3 Å². The van der Waals surface area contributed by atoms with Crippen LogP contribution in [0.1, 0.15) is 22.8 Å². The number of allylic oxidation sites excluding steroid dienone is 1. The van der Waals surface area contributed by atoms with E-state index in [0.717, 1.165) is 6.92 Å². The lowest BCUT2D eigenvalue weighted by molar-refractivity contribution is -0.113. The van der Waals surface area contributed by atoms with Crippen LogP contribution in [0.4, 0.5) is 0 Å². The number of ether oxygens (including phenoxy) is 1. The van der Waals surface area contributed by atoms with Gasteiger partial charge in [0.25, 0.3) is 0 Å². The van der Waals surface area contributed by atoms with Crippen LogP contribution < -0.4 is 4.74 Å². The van der Waals surface area contributed by atoms with E-state index in [-0.39, 0.29) is 22.4 Å². The fourth-order valence-electron chi connectivity index (χ4n) is 2.00. The van der Waals surface area contributed by atoms with Crippen molar-refractivity contribution in [3.8, 4) is 11.5 Å². The van der Waals surface area contributed by atoms with Gasteiger partial charge in [0.2, 0.25) is 5.78 Å². The predicted molar refractivity (Wildman–Crippen MR) is 66.9 cm³/mol. The fraction of sp³-hybridized carbons (Fsp3) is 0.154. The van der Waals surface area contributed by atoms with Gasteiger partial charge in [0, 0.05) is 5.56 Å². The van der Waals surface area contributed by atoms with Crippen LogP contribution >= 0.6 is 0 Å². The third kappa shape index (κ3) is 1.69. The number of carbonyl (C=O) groups excluding carboxylic acids is 2. The maximum absolute atomic E-state index is 12.0. The van der Waals surface area contributed by atoms with Crippen molar-refractivity contribution in [3.63, 3.8) is 0 Å². The smallest absolute Gasteiger partial charge is 0.216 e. The predicted octanol–water partition coefficient (Wildman–Crippen LogP) is 1.47. The molecule has 1 aromatic carbocycles. The summed E-state index contributed by atoms with van der Waals surface area (Å²) in [5.41, 5.74) is -1.19. The Kier molecular flexibility index (Phi) is 2.86. The number of hydrogen-bond donors (Lipinski definition) is 3. The highest BCUT2D eigenvalue weighted by molar-refractivity contribution is 6.58. The van der Waals surface area contributed by atoms with Crippen LogP contribution in [-0.2, 0) is 4.79 Å². The second-order valence-corrected chi connectivity index (χ2v) is 4.02. The molecule has 19 heavy (non-hydrogen) atoms. The van der Waals surface area contributed by atoms with E-state index in [1.54, 1.807) is 0 Å². The van der Waals surface area contributed by atoms with Gasteiger partial charge >= 0.3 is 0 Å². The first-order valence-corrected chi connectivity index (χ1v) is 5.38. The lowest BCUT2D eigenvalue weighted by Gasteiger charge is -2.19. The van der Waals surface area contributed by atoms with Crippen molar-refractivity contribution in [3.05, 3.63) is 28.8 Å². The standard InChI is InChI=1S/C13H11NO5/c1-5(15)8-10(14)13(18)9-6(11(8)16)3-4-7(19-2)12(9)17/h3-4,14,16-17H,1-2H3. The van der Waals surface area contributed by atoms with Gasteiger partial charge in [-0.25, -0.2) is 0 Å². The number of phenols is 1. The van der Waals surface area contributed by atoms with Crippen LogP contribution in [0, 0.1) is 5.41 Å². The molecular formula is C13H11NO5. The van der Waals surface area contributed by atoms with Crippen molar-refractivity contribution in [2.24, 2.45) is 0 Å². The number of ketones is 2. The third-order valence-corrected chi connectivity index (χ3v) is 2.91. The minimum atomic E-state index is -0.825. The van der Waals surface area contributed by atoms with E-state index in [1.165, 1.54) is 19.2 Å². The zero-order chi connectivity index (χ0) is 14.3. The number of carbonyl (C=O) groups is 2. The number of phenolic OH excluding ortho intramolecular Hbond substituents is 1. The van der Waals surface area contributed by atoms with E-state index >= 15 is 0 Å². The van der Waals surface area contributed by atoms with Crippen molar-refractivity contribution in [2.75, 3.05) is 7.11 Å². The molecule has 0 aliphatic heterocycles. The molecule has 0 fully saturated rings. The summed E-state index contributed by atoms with van der Waals surface area (Å²) in [6, 6.07) is 2.72.